The third-order valence-electron chi connectivity index (χ3n) is 5.10. The fraction of sp³-hybridized carbons (Fsp3) is 0.524. The molecule has 24 heavy (non-hydrogen) atoms. The van der Waals surface area contributed by atoms with Crippen LogP contribution in [0.5, 0.6) is 0 Å². The molecule has 0 amide bonds. The third kappa shape index (κ3) is 4.79. The summed E-state index contributed by atoms with van der Waals surface area (Å²) in [6, 6.07) is 15.5. The van der Waals surface area contributed by atoms with Gasteiger partial charge in [-0.05, 0) is 35.6 Å². The second kappa shape index (κ2) is 9.16. The van der Waals surface area contributed by atoms with E-state index in [1.807, 2.05) is 12.1 Å². The Morgan fingerprint density at radius 3 is 2.38 bits per heavy atom. The number of rotatable bonds is 3. The molecule has 1 heterocycles. The van der Waals surface area contributed by atoms with E-state index in [-0.39, 0.29) is 6.61 Å². The minimum atomic E-state index is 0.221. The van der Waals surface area contributed by atoms with Crippen LogP contribution in [-0.4, -0.2) is 49.0 Å². The molecule has 1 saturated heterocycles. The molecule has 1 aliphatic heterocycles. The quantitative estimate of drug-likeness (QED) is 0.934. The van der Waals surface area contributed by atoms with Crippen LogP contribution in [0.2, 0.25) is 0 Å². The van der Waals surface area contributed by atoms with Gasteiger partial charge in [-0.2, -0.15) is 0 Å². The molecule has 2 aromatic carbocycles. The van der Waals surface area contributed by atoms with Crippen LogP contribution in [0.4, 0.5) is 0 Å². The van der Waals surface area contributed by atoms with Crippen LogP contribution in [0.1, 0.15) is 31.2 Å². The van der Waals surface area contributed by atoms with Crippen LogP contribution in [-0.2, 0) is 11.2 Å². The van der Waals surface area contributed by atoms with E-state index in [2.05, 4.69) is 35.2 Å². The number of hydrogen-bond acceptors (Lipinski definition) is 3. The van der Waals surface area contributed by atoms with Crippen molar-refractivity contribution in [1.82, 2.24) is 4.90 Å². The van der Waals surface area contributed by atoms with Crippen LogP contribution in [0.25, 0.3) is 10.8 Å². The molecule has 0 atom stereocenters. The first-order chi connectivity index (χ1) is 11.9. The molecule has 0 bridgehead atoms. The maximum Gasteiger partial charge on any atom is 0.0594 e. The minimum absolute atomic E-state index is 0.221. The summed E-state index contributed by atoms with van der Waals surface area (Å²) in [6.07, 6.45) is 6.49. The van der Waals surface area contributed by atoms with Crippen molar-refractivity contribution < 1.29 is 9.84 Å². The monoisotopic (exact) mass is 327 g/mol. The molecule has 3 nitrogen and oxygen atoms in total. The SMILES string of the molecule is C1CCC(N2CCOCC2)C1.OCCc1ccc2ccccc2c1. The number of morpholine rings is 1. The van der Waals surface area contributed by atoms with Gasteiger partial charge in [0, 0.05) is 25.7 Å². The highest BCUT2D eigenvalue weighted by Crippen LogP contribution is 2.23. The zero-order chi connectivity index (χ0) is 16.6. The number of fused-ring (bicyclic) bond motifs is 1. The van der Waals surface area contributed by atoms with Gasteiger partial charge in [-0.3, -0.25) is 4.90 Å². The first kappa shape index (κ1) is 17.4. The average molecular weight is 327 g/mol. The van der Waals surface area contributed by atoms with Gasteiger partial charge in [-0.15, -0.1) is 0 Å². The molecule has 1 saturated carbocycles. The molecule has 2 aromatic rings. The molecule has 0 radical (unpaired) electrons. The van der Waals surface area contributed by atoms with Crippen LogP contribution in [0, 0.1) is 0 Å². The summed E-state index contributed by atoms with van der Waals surface area (Å²) in [5, 5.41) is 11.3. The number of ether oxygens (including phenoxy) is 1. The molecular weight excluding hydrogens is 298 g/mol. The van der Waals surface area contributed by atoms with E-state index in [4.69, 9.17) is 9.84 Å². The summed E-state index contributed by atoms with van der Waals surface area (Å²) in [4.78, 5) is 2.61. The normalized spacial score (nSPS) is 19.2. The van der Waals surface area contributed by atoms with Crippen molar-refractivity contribution in [2.45, 2.75) is 38.1 Å². The van der Waals surface area contributed by atoms with Crippen molar-refractivity contribution in [3.8, 4) is 0 Å². The molecule has 0 spiro atoms. The lowest BCUT2D eigenvalue weighted by molar-refractivity contribution is 0.0180. The van der Waals surface area contributed by atoms with Gasteiger partial charge in [0.25, 0.3) is 0 Å². The van der Waals surface area contributed by atoms with E-state index < -0.39 is 0 Å². The maximum atomic E-state index is 8.79. The van der Waals surface area contributed by atoms with Crippen LogP contribution in [0.15, 0.2) is 42.5 Å². The van der Waals surface area contributed by atoms with Crippen LogP contribution < -0.4 is 0 Å². The van der Waals surface area contributed by atoms with Gasteiger partial charge in [0.15, 0.2) is 0 Å². The van der Waals surface area contributed by atoms with E-state index in [0.717, 1.165) is 25.7 Å². The summed E-state index contributed by atoms with van der Waals surface area (Å²) in [5.41, 5.74) is 1.20. The average Bonchev–Trinajstić information content (AvgIpc) is 3.18. The molecular formula is C21H29NO2. The molecule has 2 aliphatic rings. The summed E-state index contributed by atoms with van der Waals surface area (Å²) in [5.74, 6) is 0. The second-order valence-electron chi connectivity index (χ2n) is 6.74. The number of hydrogen-bond donors (Lipinski definition) is 1. The minimum Gasteiger partial charge on any atom is -0.396 e. The number of nitrogens with zero attached hydrogens (tertiary/aromatic N) is 1. The Morgan fingerprint density at radius 1 is 0.958 bits per heavy atom. The topological polar surface area (TPSA) is 32.7 Å². The van der Waals surface area contributed by atoms with Crippen molar-refractivity contribution in [1.29, 1.82) is 0 Å². The molecule has 1 aliphatic carbocycles. The van der Waals surface area contributed by atoms with Crippen LogP contribution in [0.3, 0.4) is 0 Å². The van der Waals surface area contributed by atoms with Crippen molar-refractivity contribution in [2.75, 3.05) is 32.9 Å². The Labute approximate surface area is 145 Å². The fourth-order valence-electron chi connectivity index (χ4n) is 3.74. The lowest BCUT2D eigenvalue weighted by atomic mass is 10.1. The first-order valence-electron chi connectivity index (χ1n) is 9.27. The van der Waals surface area contributed by atoms with Crippen molar-refractivity contribution >= 4 is 10.8 Å². The van der Waals surface area contributed by atoms with Gasteiger partial charge >= 0.3 is 0 Å². The number of aliphatic hydroxyl groups excluding tert-OH is 1. The standard InChI is InChI=1S/C12H12O.C9H17NO/c13-8-7-10-5-6-11-3-1-2-4-12(11)9-10;1-2-4-9(3-1)10-5-7-11-8-6-10/h1-6,9,13H,7-8H2;9H,1-8H2. The second-order valence-corrected chi connectivity index (χ2v) is 6.74. The Morgan fingerprint density at radius 2 is 1.67 bits per heavy atom. The van der Waals surface area contributed by atoms with Gasteiger partial charge in [0.2, 0.25) is 0 Å². The summed E-state index contributed by atoms with van der Waals surface area (Å²) in [6.45, 7) is 4.47. The maximum absolute atomic E-state index is 8.79. The highest BCUT2D eigenvalue weighted by Gasteiger charge is 2.23. The Balaban J connectivity index is 0.000000143. The molecule has 0 unspecified atom stereocenters. The molecule has 2 fully saturated rings. The first-order valence-corrected chi connectivity index (χ1v) is 9.27. The van der Waals surface area contributed by atoms with Gasteiger partial charge in [-0.1, -0.05) is 55.3 Å². The summed E-state index contributed by atoms with van der Waals surface area (Å²) < 4.78 is 5.32. The third-order valence-corrected chi connectivity index (χ3v) is 5.10. The molecule has 3 heteroatoms. The van der Waals surface area contributed by atoms with E-state index >= 15 is 0 Å². The summed E-state index contributed by atoms with van der Waals surface area (Å²) in [7, 11) is 0. The molecule has 1 N–H and O–H groups in total. The zero-order valence-corrected chi connectivity index (χ0v) is 14.5. The Hall–Kier alpha value is -1.42. The highest BCUT2D eigenvalue weighted by molar-refractivity contribution is 5.82. The lowest BCUT2D eigenvalue weighted by Crippen LogP contribution is -2.42. The number of benzene rings is 2. The fourth-order valence-corrected chi connectivity index (χ4v) is 3.74. The molecule has 0 aromatic heterocycles. The zero-order valence-electron chi connectivity index (χ0n) is 14.5. The van der Waals surface area contributed by atoms with Crippen LogP contribution >= 0.6 is 0 Å². The van der Waals surface area contributed by atoms with E-state index in [9.17, 15) is 0 Å². The van der Waals surface area contributed by atoms with Crippen molar-refractivity contribution in [2.24, 2.45) is 0 Å². The smallest absolute Gasteiger partial charge is 0.0594 e. The van der Waals surface area contributed by atoms with Gasteiger partial charge in [-0.25, -0.2) is 0 Å². The predicted molar refractivity (Wildman–Crippen MR) is 99.4 cm³/mol. The van der Waals surface area contributed by atoms with Crippen molar-refractivity contribution in [3.05, 3.63) is 48.0 Å². The van der Waals surface area contributed by atoms with Gasteiger partial charge in [0.1, 0.15) is 0 Å². The Bertz CT molecular complexity index is 616. The van der Waals surface area contributed by atoms with E-state index in [1.165, 1.54) is 55.1 Å². The Kier molecular flexibility index (Phi) is 6.65. The van der Waals surface area contributed by atoms with Gasteiger partial charge in [0.05, 0.1) is 13.2 Å². The van der Waals surface area contributed by atoms with E-state index in [0.29, 0.717) is 0 Å². The molecule has 4 rings (SSSR count). The highest BCUT2D eigenvalue weighted by atomic mass is 16.5. The van der Waals surface area contributed by atoms with E-state index in [1.54, 1.807) is 0 Å². The predicted octanol–water partition coefficient (Wildman–Crippen LogP) is 3.64. The molecule has 130 valence electrons. The van der Waals surface area contributed by atoms with Gasteiger partial charge < -0.3 is 9.84 Å². The van der Waals surface area contributed by atoms with Crippen molar-refractivity contribution in [3.63, 3.8) is 0 Å². The number of aliphatic hydroxyl groups is 1. The summed E-state index contributed by atoms with van der Waals surface area (Å²) >= 11 is 0. The largest absolute Gasteiger partial charge is 0.396 e. The lowest BCUT2D eigenvalue weighted by Gasteiger charge is -2.31.